The molecule has 2 heterocycles. The molecular weight excluding hydrogens is 310 g/mol. The van der Waals surface area contributed by atoms with Gasteiger partial charge in [0.2, 0.25) is 6.79 Å². The molecular formula is C17H19N3O4. The maximum Gasteiger partial charge on any atom is 0.251 e. The zero-order valence-electron chi connectivity index (χ0n) is 13.3. The van der Waals surface area contributed by atoms with Gasteiger partial charge in [0.15, 0.2) is 11.5 Å². The van der Waals surface area contributed by atoms with E-state index in [1.807, 2.05) is 13.2 Å². The van der Waals surface area contributed by atoms with Crippen molar-refractivity contribution in [2.24, 2.45) is 13.0 Å². The molecule has 1 aliphatic carbocycles. The van der Waals surface area contributed by atoms with Gasteiger partial charge >= 0.3 is 0 Å². The molecule has 1 aromatic carbocycles. The van der Waals surface area contributed by atoms with Gasteiger partial charge in [-0.25, -0.2) is 0 Å². The van der Waals surface area contributed by atoms with Crippen molar-refractivity contribution in [2.45, 2.75) is 25.0 Å². The molecule has 1 amide bonds. The second kappa shape index (κ2) is 5.83. The highest BCUT2D eigenvalue weighted by molar-refractivity contribution is 5.95. The first-order chi connectivity index (χ1) is 11.6. The molecule has 1 atom stereocenters. The lowest BCUT2D eigenvalue weighted by molar-refractivity contribution is 0.0235. The lowest BCUT2D eigenvalue weighted by atomic mass is 9.75. The van der Waals surface area contributed by atoms with Gasteiger partial charge in [0, 0.05) is 24.4 Å². The number of fused-ring (bicyclic) bond motifs is 1. The summed E-state index contributed by atoms with van der Waals surface area (Å²) >= 11 is 0. The zero-order valence-corrected chi connectivity index (χ0v) is 13.3. The first-order valence-electron chi connectivity index (χ1n) is 7.97. The fraction of sp³-hybridized carbons (Fsp3) is 0.412. The lowest BCUT2D eigenvalue weighted by Gasteiger charge is -2.37. The molecule has 7 heteroatoms. The number of nitrogens with one attached hydrogen (secondary N) is 1. The number of amides is 1. The Morgan fingerprint density at radius 3 is 2.88 bits per heavy atom. The molecule has 2 aliphatic rings. The average Bonchev–Trinajstić information content (AvgIpc) is 3.17. The van der Waals surface area contributed by atoms with E-state index >= 15 is 0 Å². The Labute approximate surface area is 139 Å². The fourth-order valence-electron chi connectivity index (χ4n) is 3.24. The van der Waals surface area contributed by atoms with Crippen LogP contribution in [0.5, 0.6) is 11.5 Å². The Morgan fingerprint density at radius 2 is 2.17 bits per heavy atom. The summed E-state index contributed by atoms with van der Waals surface area (Å²) in [5.41, 5.74) is 1.47. The van der Waals surface area contributed by atoms with E-state index in [-0.39, 0.29) is 30.8 Å². The summed E-state index contributed by atoms with van der Waals surface area (Å²) in [6.07, 6.45) is 4.74. The number of benzene rings is 1. The van der Waals surface area contributed by atoms with Crippen molar-refractivity contribution in [2.75, 3.05) is 6.79 Å². The summed E-state index contributed by atoms with van der Waals surface area (Å²) in [4.78, 5) is 12.7. The maximum absolute atomic E-state index is 12.7. The summed E-state index contributed by atoms with van der Waals surface area (Å²) in [7, 11) is 1.84. The predicted octanol–water partition coefficient (Wildman–Crippen LogP) is 1.39. The number of carbonyl (C=O) groups is 1. The van der Waals surface area contributed by atoms with E-state index in [0.717, 1.165) is 5.56 Å². The van der Waals surface area contributed by atoms with Crippen molar-refractivity contribution in [1.82, 2.24) is 15.1 Å². The van der Waals surface area contributed by atoms with Crippen LogP contribution in [0, 0.1) is 5.92 Å². The van der Waals surface area contributed by atoms with Crippen molar-refractivity contribution in [3.63, 3.8) is 0 Å². The van der Waals surface area contributed by atoms with Gasteiger partial charge in [-0.1, -0.05) is 0 Å². The Bertz CT molecular complexity index is 767. The summed E-state index contributed by atoms with van der Waals surface area (Å²) in [5, 5.41) is 16.9. The van der Waals surface area contributed by atoms with Gasteiger partial charge in [0.05, 0.1) is 18.3 Å². The highest BCUT2D eigenvalue weighted by Crippen LogP contribution is 2.38. The number of aryl methyl sites for hydroxylation is 1. The van der Waals surface area contributed by atoms with Crippen LogP contribution in [-0.4, -0.2) is 33.7 Å². The van der Waals surface area contributed by atoms with Crippen LogP contribution in [0.2, 0.25) is 0 Å². The summed E-state index contributed by atoms with van der Waals surface area (Å²) in [5.74, 6) is 1.27. The lowest BCUT2D eigenvalue weighted by Crippen LogP contribution is -2.41. The molecule has 1 fully saturated rings. The molecule has 1 aromatic heterocycles. The number of aliphatic hydroxyl groups is 1. The summed E-state index contributed by atoms with van der Waals surface area (Å²) < 4.78 is 12.3. The van der Waals surface area contributed by atoms with Crippen LogP contribution in [0.3, 0.4) is 0 Å². The smallest absolute Gasteiger partial charge is 0.251 e. The Hall–Kier alpha value is -2.54. The van der Waals surface area contributed by atoms with E-state index in [9.17, 15) is 9.90 Å². The molecule has 0 bridgehead atoms. The zero-order chi connectivity index (χ0) is 16.7. The molecule has 24 heavy (non-hydrogen) atoms. The van der Waals surface area contributed by atoms with Crippen molar-refractivity contribution >= 4 is 5.91 Å². The van der Waals surface area contributed by atoms with Gasteiger partial charge < -0.3 is 19.9 Å². The number of nitrogens with zero attached hydrogens (tertiary/aromatic N) is 2. The minimum Gasteiger partial charge on any atom is -0.454 e. The fourth-order valence-corrected chi connectivity index (χ4v) is 3.24. The molecule has 2 aromatic rings. The normalized spacial score (nSPS) is 22.8. The molecule has 2 N–H and O–H groups in total. The van der Waals surface area contributed by atoms with Crippen molar-refractivity contribution in [3.05, 3.63) is 41.7 Å². The number of aromatic nitrogens is 2. The monoisotopic (exact) mass is 329 g/mol. The van der Waals surface area contributed by atoms with Crippen LogP contribution < -0.4 is 14.8 Å². The number of hydrogen-bond donors (Lipinski definition) is 2. The quantitative estimate of drug-likeness (QED) is 0.885. The highest BCUT2D eigenvalue weighted by atomic mass is 16.7. The second-order valence-corrected chi connectivity index (χ2v) is 6.35. The Balaban J connectivity index is 1.54. The van der Waals surface area contributed by atoms with Crippen molar-refractivity contribution < 1.29 is 19.4 Å². The van der Waals surface area contributed by atoms with Gasteiger partial charge in [-0.05, 0) is 37.0 Å². The maximum atomic E-state index is 12.7. The number of rotatable bonds is 4. The number of hydrogen-bond acceptors (Lipinski definition) is 5. The molecule has 1 aliphatic heterocycles. The molecule has 1 saturated carbocycles. The van der Waals surface area contributed by atoms with Gasteiger partial charge in [-0.2, -0.15) is 5.10 Å². The Morgan fingerprint density at radius 1 is 1.38 bits per heavy atom. The summed E-state index contributed by atoms with van der Waals surface area (Å²) in [6, 6.07) is 4.98. The molecule has 4 rings (SSSR count). The van der Waals surface area contributed by atoms with E-state index in [2.05, 4.69) is 10.4 Å². The third-order valence-electron chi connectivity index (χ3n) is 4.63. The topological polar surface area (TPSA) is 85.6 Å². The van der Waals surface area contributed by atoms with Gasteiger partial charge in [0.1, 0.15) is 0 Å². The van der Waals surface area contributed by atoms with Gasteiger partial charge in [-0.3, -0.25) is 9.48 Å². The first-order valence-corrected chi connectivity index (χ1v) is 7.97. The van der Waals surface area contributed by atoms with E-state index in [1.165, 1.54) is 0 Å². The Kier molecular flexibility index (Phi) is 3.65. The van der Waals surface area contributed by atoms with Crippen LogP contribution in [0.4, 0.5) is 0 Å². The minimum absolute atomic E-state index is 0.167. The van der Waals surface area contributed by atoms with Crippen LogP contribution in [-0.2, 0) is 7.05 Å². The minimum atomic E-state index is -0.281. The second-order valence-electron chi connectivity index (χ2n) is 6.35. The van der Waals surface area contributed by atoms with E-state index in [4.69, 9.17) is 9.47 Å². The average molecular weight is 329 g/mol. The number of aliphatic hydroxyl groups excluding tert-OH is 1. The predicted molar refractivity (Wildman–Crippen MR) is 84.7 cm³/mol. The molecule has 0 saturated heterocycles. The van der Waals surface area contributed by atoms with E-state index in [0.29, 0.717) is 29.9 Å². The SMILES string of the molecule is Cn1cc([C@H](NC(=O)c2ccc3c(c2)OCO3)C2CC(O)C2)cn1. The summed E-state index contributed by atoms with van der Waals surface area (Å²) in [6.45, 7) is 0.179. The van der Waals surface area contributed by atoms with E-state index in [1.54, 1.807) is 29.1 Å². The van der Waals surface area contributed by atoms with Crippen LogP contribution >= 0.6 is 0 Å². The molecule has 0 spiro atoms. The third kappa shape index (κ3) is 2.71. The standard InChI is InChI=1S/C17H19N3O4/c1-20-8-12(7-18-20)16(11-4-13(21)5-11)19-17(22)10-2-3-14-15(6-10)24-9-23-14/h2-3,6-8,11,13,16,21H,4-5,9H2,1H3,(H,19,22)/t11?,13?,16-/m1/s1. The van der Waals surface area contributed by atoms with Crippen LogP contribution in [0.1, 0.15) is 34.8 Å². The van der Waals surface area contributed by atoms with Crippen LogP contribution in [0.15, 0.2) is 30.6 Å². The van der Waals surface area contributed by atoms with Crippen LogP contribution in [0.25, 0.3) is 0 Å². The van der Waals surface area contributed by atoms with Crippen molar-refractivity contribution in [1.29, 1.82) is 0 Å². The number of carbonyl (C=O) groups excluding carboxylic acids is 1. The van der Waals surface area contributed by atoms with Crippen molar-refractivity contribution in [3.8, 4) is 11.5 Å². The molecule has 0 radical (unpaired) electrons. The molecule has 0 unspecified atom stereocenters. The molecule has 7 nitrogen and oxygen atoms in total. The largest absolute Gasteiger partial charge is 0.454 e. The molecule has 126 valence electrons. The highest BCUT2D eigenvalue weighted by Gasteiger charge is 2.36. The van der Waals surface area contributed by atoms with Gasteiger partial charge in [-0.15, -0.1) is 0 Å². The first kappa shape index (κ1) is 15.0. The van der Waals surface area contributed by atoms with E-state index < -0.39 is 0 Å². The van der Waals surface area contributed by atoms with Gasteiger partial charge in [0.25, 0.3) is 5.91 Å². The number of ether oxygens (including phenoxy) is 2. The third-order valence-corrected chi connectivity index (χ3v) is 4.63.